The summed E-state index contributed by atoms with van der Waals surface area (Å²) in [6, 6.07) is 11.0. The van der Waals surface area contributed by atoms with E-state index >= 15 is 0 Å². The minimum absolute atomic E-state index is 0.0105. The Morgan fingerprint density at radius 2 is 1.79 bits per heavy atom. The van der Waals surface area contributed by atoms with E-state index in [1.165, 1.54) is 38.5 Å². The van der Waals surface area contributed by atoms with Crippen LogP contribution in [0.5, 0.6) is 5.75 Å². The van der Waals surface area contributed by atoms with Crippen LogP contribution in [0.2, 0.25) is 0 Å². The molecule has 0 N–H and O–H groups in total. The molecule has 0 aliphatic heterocycles. The van der Waals surface area contributed by atoms with Gasteiger partial charge in [0.15, 0.2) is 6.29 Å². The SMILES string of the molecule is CO/C=C(/C=O)c1cccc(C)c1CO/N=C(\C)c1ccccc1OC(F)(F)F. The summed E-state index contributed by atoms with van der Waals surface area (Å²) in [4.78, 5) is 16.7. The van der Waals surface area contributed by atoms with Gasteiger partial charge >= 0.3 is 6.36 Å². The van der Waals surface area contributed by atoms with Crippen molar-refractivity contribution in [3.05, 3.63) is 71.0 Å². The summed E-state index contributed by atoms with van der Waals surface area (Å²) in [5, 5.41) is 3.92. The van der Waals surface area contributed by atoms with E-state index in [1.54, 1.807) is 18.2 Å². The molecule has 0 amide bonds. The van der Waals surface area contributed by atoms with Crippen LogP contribution in [0.1, 0.15) is 29.2 Å². The number of halogens is 3. The quantitative estimate of drug-likeness (QED) is 0.203. The number of alkyl halides is 3. The average Bonchev–Trinajstić information content (AvgIpc) is 2.66. The van der Waals surface area contributed by atoms with Gasteiger partial charge in [0, 0.05) is 11.1 Å². The number of carbonyl (C=O) groups excluding carboxylic acids is 1. The Kier molecular flexibility index (Phi) is 7.41. The monoisotopic (exact) mass is 407 g/mol. The molecule has 0 heterocycles. The van der Waals surface area contributed by atoms with E-state index in [-0.39, 0.29) is 23.6 Å². The maximum atomic E-state index is 12.6. The number of hydrogen-bond donors (Lipinski definition) is 0. The van der Waals surface area contributed by atoms with E-state index in [0.717, 1.165) is 5.56 Å². The normalized spacial score (nSPS) is 12.5. The van der Waals surface area contributed by atoms with Crippen LogP contribution in [0, 0.1) is 6.92 Å². The lowest BCUT2D eigenvalue weighted by molar-refractivity contribution is -0.274. The molecule has 0 radical (unpaired) electrons. The van der Waals surface area contributed by atoms with Crippen LogP contribution in [-0.4, -0.2) is 25.5 Å². The van der Waals surface area contributed by atoms with E-state index in [1.807, 2.05) is 13.0 Å². The Labute approximate surface area is 166 Å². The minimum Gasteiger partial charge on any atom is -0.504 e. The second-order valence-corrected chi connectivity index (χ2v) is 6.02. The van der Waals surface area contributed by atoms with E-state index in [4.69, 9.17) is 9.57 Å². The Hall–Kier alpha value is -3.29. The van der Waals surface area contributed by atoms with E-state index in [0.29, 0.717) is 23.0 Å². The summed E-state index contributed by atoms with van der Waals surface area (Å²) in [5.41, 5.74) is 2.89. The van der Waals surface area contributed by atoms with Gasteiger partial charge in [-0.25, -0.2) is 0 Å². The molecule has 0 atom stereocenters. The minimum atomic E-state index is -4.81. The summed E-state index contributed by atoms with van der Waals surface area (Å²) in [7, 11) is 1.43. The zero-order valence-corrected chi connectivity index (χ0v) is 16.1. The van der Waals surface area contributed by atoms with Crippen molar-refractivity contribution in [1.29, 1.82) is 0 Å². The van der Waals surface area contributed by atoms with Gasteiger partial charge in [0.1, 0.15) is 12.4 Å². The molecular weight excluding hydrogens is 387 g/mol. The number of allylic oxidation sites excluding steroid dienone is 1. The number of aryl methyl sites for hydroxylation is 1. The summed E-state index contributed by atoms with van der Waals surface area (Å²) < 4.78 is 46.7. The molecule has 154 valence electrons. The number of nitrogens with zero attached hydrogens (tertiary/aromatic N) is 1. The van der Waals surface area contributed by atoms with Gasteiger partial charge in [-0.3, -0.25) is 4.79 Å². The van der Waals surface area contributed by atoms with Crippen molar-refractivity contribution in [2.45, 2.75) is 26.8 Å². The largest absolute Gasteiger partial charge is 0.573 e. The molecule has 8 heteroatoms. The number of oxime groups is 1. The van der Waals surface area contributed by atoms with Crippen molar-refractivity contribution in [3.8, 4) is 5.75 Å². The van der Waals surface area contributed by atoms with Gasteiger partial charge in [-0.2, -0.15) is 0 Å². The van der Waals surface area contributed by atoms with Crippen LogP contribution in [0.3, 0.4) is 0 Å². The molecule has 0 aromatic heterocycles. The number of aldehydes is 1. The highest BCUT2D eigenvalue weighted by atomic mass is 19.4. The molecule has 0 fully saturated rings. The molecule has 0 spiro atoms. The fraction of sp³-hybridized carbons (Fsp3) is 0.238. The van der Waals surface area contributed by atoms with Crippen LogP contribution in [0.15, 0.2) is 53.9 Å². The van der Waals surface area contributed by atoms with Crippen molar-refractivity contribution in [2.75, 3.05) is 7.11 Å². The number of ether oxygens (including phenoxy) is 2. The second kappa shape index (κ2) is 9.77. The molecule has 5 nitrogen and oxygen atoms in total. The highest BCUT2D eigenvalue weighted by molar-refractivity contribution is 6.07. The highest BCUT2D eigenvalue weighted by Crippen LogP contribution is 2.27. The third-order valence-corrected chi connectivity index (χ3v) is 4.01. The Morgan fingerprint density at radius 3 is 2.45 bits per heavy atom. The lowest BCUT2D eigenvalue weighted by Crippen LogP contribution is -2.18. The van der Waals surface area contributed by atoms with Crippen LogP contribution in [0.4, 0.5) is 13.2 Å². The van der Waals surface area contributed by atoms with Gasteiger partial charge in [0.25, 0.3) is 0 Å². The summed E-state index contributed by atoms with van der Waals surface area (Å²) in [6.07, 6.45) is -2.82. The van der Waals surface area contributed by atoms with Gasteiger partial charge in [-0.1, -0.05) is 35.5 Å². The maximum absolute atomic E-state index is 12.6. The number of benzene rings is 2. The van der Waals surface area contributed by atoms with Crippen molar-refractivity contribution < 1.29 is 32.3 Å². The molecule has 0 unspecified atom stereocenters. The van der Waals surface area contributed by atoms with Crippen LogP contribution >= 0.6 is 0 Å². The molecule has 0 saturated carbocycles. The van der Waals surface area contributed by atoms with Crippen molar-refractivity contribution in [2.24, 2.45) is 5.16 Å². The number of rotatable bonds is 8. The Balaban J connectivity index is 2.25. The number of methoxy groups -OCH3 is 1. The van der Waals surface area contributed by atoms with Gasteiger partial charge in [-0.05, 0) is 37.1 Å². The molecule has 29 heavy (non-hydrogen) atoms. The number of hydrogen-bond acceptors (Lipinski definition) is 5. The second-order valence-electron chi connectivity index (χ2n) is 6.02. The van der Waals surface area contributed by atoms with Crippen molar-refractivity contribution >= 4 is 17.6 Å². The number of para-hydroxylation sites is 1. The summed E-state index contributed by atoms with van der Waals surface area (Å²) in [5.74, 6) is -0.368. The summed E-state index contributed by atoms with van der Waals surface area (Å²) in [6.45, 7) is 3.37. The first-order valence-electron chi connectivity index (χ1n) is 8.55. The standard InChI is InChI=1S/C21H20F3NO4/c1-14-7-6-9-18(16(11-26)12-27-3)19(14)13-28-25-15(2)17-8-4-5-10-20(17)29-21(22,23)24/h4-12H,13H2,1-3H3/b16-12-,25-15+. The first-order chi connectivity index (χ1) is 13.8. The van der Waals surface area contributed by atoms with Crippen LogP contribution in [0.25, 0.3) is 5.57 Å². The molecule has 2 aromatic rings. The van der Waals surface area contributed by atoms with Gasteiger partial charge in [0.2, 0.25) is 0 Å². The molecule has 2 rings (SSSR count). The lowest BCUT2D eigenvalue weighted by Gasteiger charge is -2.14. The lowest BCUT2D eigenvalue weighted by atomic mass is 9.98. The predicted octanol–water partition coefficient (Wildman–Crippen LogP) is 5.02. The molecule has 0 aliphatic carbocycles. The molecule has 0 bridgehead atoms. The van der Waals surface area contributed by atoms with Gasteiger partial charge < -0.3 is 14.3 Å². The molecular formula is C21H20F3NO4. The third-order valence-electron chi connectivity index (χ3n) is 4.01. The first kappa shape index (κ1) is 22.0. The van der Waals surface area contributed by atoms with E-state index in [9.17, 15) is 18.0 Å². The highest BCUT2D eigenvalue weighted by Gasteiger charge is 2.32. The predicted molar refractivity (Wildman–Crippen MR) is 102 cm³/mol. The zero-order chi connectivity index (χ0) is 21.4. The van der Waals surface area contributed by atoms with Gasteiger partial charge in [0.05, 0.1) is 24.7 Å². The summed E-state index contributed by atoms with van der Waals surface area (Å²) >= 11 is 0. The topological polar surface area (TPSA) is 57.1 Å². The molecule has 2 aromatic carbocycles. The number of carbonyl (C=O) groups is 1. The zero-order valence-electron chi connectivity index (χ0n) is 16.1. The molecule has 0 saturated heterocycles. The maximum Gasteiger partial charge on any atom is 0.573 e. The fourth-order valence-corrected chi connectivity index (χ4v) is 2.67. The van der Waals surface area contributed by atoms with E-state index in [2.05, 4.69) is 9.89 Å². The Morgan fingerprint density at radius 1 is 1.10 bits per heavy atom. The van der Waals surface area contributed by atoms with Crippen molar-refractivity contribution in [1.82, 2.24) is 0 Å². The van der Waals surface area contributed by atoms with Crippen LogP contribution < -0.4 is 4.74 Å². The fourth-order valence-electron chi connectivity index (χ4n) is 2.67. The molecule has 0 aliphatic rings. The van der Waals surface area contributed by atoms with E-state index < -0.39 is 6.36 Å². The smallest absolute Gasteiger partial charge is 0.504 e. The first-order valence-corrected chi connectivity index (χ1v) is 8.55. The third kappa shape index (κ3) is 6.10. The van der Waals surface area contributed by atoms with Crippen molar-refractivity contribution in [3.63, 3.8) is 0 Å². The Bertz CT molecular complexity index is 920. The average molecular weight is 407 g/mol. The van der Waals surface area contributed by atoms with Crippen LogP contribution in [-0.2, 0) is 21.0 Å². The van der Waals surface area contributed by atoms with Gasteiger partial charge in [-0.15, -0.1) is 13.2 Å².